The first-order valence-corrected chi connectivity index (χ1v) is 12.3. The Hall–Kier alpha value is -4.45. The quantitative estimate of drug-likeness (QED) is 0.234. The minimum atomic E-state index is -1.82. The molecule has 3 aromatic rings. The van der Waals surface area contributed by atoms with Crippen molar-refractivity contribution in [3.8, 4) is 23.0 Å². The van der Waals surface area contributed by atoms with Crippen LogP contribution in [0, 0.1) is 6.92 Å². The number of rotatable bonds is 9. The van der Waals surface area contributed by atoms with Gasteiger partial charge in [-0.2, -0.15) is 0 Å². The van der Waals surface area contributed by atoms with Gasteiger partial charge in [-0.1, -0.05) is 23.4 Å². The van der Waals surface area contributed by atoms with Crippen molar-refractivity contribution in [1.29, 1.82) is 0 Å². The van der Waals surface area contributed by atoms with Crippen molar-refractivity contribution < 1.29 is 43.6 Å². The normalized spacial score (nSPS) is 15.3. The van der Waals surface area contributed by atoms with Gasteiger partial charge in [-0.05, 0) is 37.6 Å². The highest BCUT2D eigenvalue weighted by atomic mass is 16.7. The van der Waals surface area contributed by atoms with Gasteiger partial charge in [0.05, 0.1) is 19.9 Å². The fourth-order valence-corrected chi connectivity index (χ4v) is 4.64. The molecule has 1 atom stereocenters. The van der Waals surface area contributed by atoms with E-state index >= 15 is 0 Å². The van der Waals surface area contributed by atoms with Gasteiger partial charge in [0, 0.05) is 41.5 Å². The number of nitrogens with zero attached hydrogens (tertiary/aromatic N) is 1. The van der Waals surface area contributed by atoms with Gasteiger partial charge in [0.15, 0.2) is 11.5 Å². The Morgan fingerprint density at radius 3 is 2.59 bits per heavy atom. The number of carboxylic acid groups (broad SMARTS) is 2. The summed E-state index contributed by atoms with van der Waals surface area (Å²) in [5.41, 5.74) is 5.75. The Kier molecular flexibility index (Phi) is 8.77. The van der Waals surface area contributed by atoms with Crippen molar-refractivity contribution in [2.75, 3.05) is 34.1 Å². The molecule has 208 valence electrons. The number of benzene rings is 2. The van der Waals surface area contributed by atoms with Crippen molar-refractivity contribution in [2.45, 2.75) is 32.3 Å². The smallest absolute Gasteiger partial charge is 0.414 e. The maximum atomic E-state index is 9.10. The molecule has 0 saturated heterocycles. The van der Waals surface area contributed by atoms with Crippen molar-refractivity contribution >= 4 is 28.6 Å². The lowest BCUT2D eigenvalue weighted by Crippen LogP contribution is -2.25. The maximum absolute atomic E-state index is 9.10. The highest BCUT2D eigenvalue weighted by Crippen LogP contribution is 2.50. The van der Waals surface area contributed by atoms with E-state index in [1.54, 1.807) is 14.2 Å². The predicted octanol–water partition coefficient (Wildman–Crippen LogP) is 2.90. The molecular weight excluding hydrogens is 510 g/mol. The molecule has 0 amide bonds. The summed E-state index contributed by atoms with van der Waals surface area (Å²) in [6, 6.07) is 10.4. The number of aryl methyl sites for hydroxylation is 1. The zero-order chi connectivity index (χ0) is 27.9. The standard InChI is InChI=1S/C25H29N3O5.C2H2O4/c1-15-19(20-6-4-5-7-21(20)27-15)8-9-26-13-17-12-18(33-28-17)10-16-11-22(29-2)24-25(23(16)30-3)32-14-31-24;3-1(4)2(5)6/h4-7,11,18,26-27H,8-10,12-14H2,1-3H3;(H,3,4)(H,5,6). The zero-order valence-electron chi connectivity index (χ0n) is 21.9. The van der Waals surface area contributed by atoms with Crippen LogP contribution in [0.3, 0.4) is 0 Å². The number of carboxylic acids is 2. The first-order valence-electron chi connectivity index (χ1n) is 12.3. The van der Waals surface area contributed by atoms with E-state index in [0.717, 1.165) is 30.7 Å². The van der Waals surface area contributed by atoms with Crippen molar-refractivity contribution in [2.24, 2.45) is 5.16 Å². The lowest BCUT2D eigenvalue weighted by molar-refractivity contribution is -0.159. The summed E-state index contributed by atoms with van der Waals surface area (Å²) in [5, 5.41) is 23.9. The van der Waals surface area contributed by atoms with E-state index in [9.17, 15) is 0 Å². The van der Waals surface area contributed by atoms with Crippen LogP contribution in [-0.4, -0.2) is 73.1 Å². The molecule has 0 radical (unpaired) electrons. The minimum absolute atomic E-state index is 0.0587. The fourth-order valence-electron chi connectivity index (χ4n) is 4.64. The van der Waals surface area contributed by atoms with Gasteiger partial charge in [0.1, 0.15) is 6.10 Å². The summed E-state index contributed by atoms with van der Waals surface area (Å²) in [5.74, 6) is -1.19. The van der Waals surface area contributed by atoms with Crippen molar-refractivity contribution in [3.63, 3.8) is 0 Å². The van der Waals surface area contributed by atoms with Crippen molar-refractivity contribution in [1.82, 2.24) is 10.3 Å². The van der Waals surface area contributed by atoms with E-state index in [0.29, 0.717) is 36.0 Å². The Bertz CT molecular complexity index is 1370. The molecule has 12 heteroatoms. The average molecular weight is 542 g/mol. The lowest BCUT2D eigenvalue weighted by atomic mass is 10.0. The molecule has 0 aliphatic carbocycles. The second-order valence-corrected chi connectivity index (χ2v) is 8.94. The Labute approximate surface area is 224 Å². The summed E-state index contributed by atoms with van der Waals surface area (Å²) in [6.07, 6.45) is 2.30. The van der Waals surface area contributed by atoms with E-state index in [1.807, 2.05) is 6.07 Å². The number of aliphatic carboxylic acids is 2. The van der Waals surface area contributed by atoms with E-state index < -0.39 is 11.9 Å². The largest absolute Gasteiger partial charge is 0.493 e. The monoisotopic (exact) mass is 541 g/mol. The van der Waals surface area contributed by atoms with Crippen LogP contribution in [0.5, 0.6) is 23.0 Å². The van der Waals surface area contributed by atoms with Gasteiger partial charge in [-0.3, -0.25) is 0 Å². The number of para-hydroxylation sites is 1. The Morgan fingerprint density at radius 2 is 1.87 bits per heavy atom. The number of fused-ring (bicyclic) bond motifs is 2. The van der Waals surface area contributed by atoms with Crippen LogP contribution in [0.15, 0.2) is 35.5 Å². The van der Waals surface area contributed by atoms with Crippen LogP contribution in [0.4, 0.5) is 0 Å². The molecule has 4 N–H and O–H groups in total. The maximum Gasteiger partial charge on any atom is 0.414 e. The van der Waals surface area contributed by atoms with Crippen molar-refractivity contribution in [3.05, 3.63) is 47.2 Å². The predicted molar refractivity (Wildman–Crippen MR) is 141 cm³/mol. The van der Waals surface area contributed by atoms with E-state index in [-0.39, 0.29) is 12.9 Å². The van der Waals surface area contributed by atoms with Crippen LogP contribution >= 0.6 is 0 Å². The summed E-state index contributed by atoms with van der Waals surface area (Å²) >= 11 is 0. The summed E-state index contributed by atoms with van der Waals surface area (Å²) in [4.78, 5) is 27.4. The molecule has 2 aliphatic rings. The number of aromatic nitrogens is 1. The Morgan fingerprint density at radius 1 is 1.13 bits per heavy atom. The van der Waals surface area contributed by atoms with Gasteiger partial charge < -0.3 is 44.3 Å². The molecule has 5 rings (SSSR count). The lowest BCUT2D eigenvalue weighted by Gasteiger charge is -2.15. The number of oxime groups is 1. The number of nitrogens with one attached hydrogen (secondary N) is 2. The van der Waals surface area contributed by atoms with Gasteiger partial charge >= 0.3 is 11.9 Å². The number of hydrogen-bond acceptors (Lipinski definition) is 9. The van der Waals surface area contributed by atoms with Gasteiger partial charge in [0.2, 0.25) is 18.3 Å². The number of methoxy groups -OCH3 is 2. The topological polar surface area (TPSA) is 161 Å². The molecule has 3 heterocycles. The highest BCUT2D eigenvalue weighted by molar-refractivity contribution is 6.27. The van der Waals surface area contributed by atoms with Crippen LogP contribution in [-0.2, 0) is 27.3 Å². The number of carbonyl (C=O) groups is 2. The molecule has 1 unspecified atom stereocenters. The van der Waals surface area contributed by atoms with Gasteiger partial charge in [-0.15, -0.1) is 0 Å². The number of ether oxygens (including phenoxy) is 4. The molecule has 0 spiro atoms. The highest BCUT2D eigenvalue weighted by Gasteiger charge is 2.30. The number of aromatic amines is 1. The van der Waals surface area contributed by atoms with E-state index in [4.69, 9.17) is 43.6 Å². The second-order valence-electron chi connectivity index (χ2n) is 8.94. The van der Waals surface area contributed by atoms with E-state index in [1.165, 1.54) is 22.2 Å². The van der Waals surface area contributed by atoms with Gasteiger partial charge in [-0.25, -0.2) is 9.59 Å². The average Bonchev–Trinajstić information content (AvgIpc) is 3.65. The molecule has 0 bridgehead atoms. The van der Waals surface area contributed by atoms with Crippen LogP contribution in [0.25, 0.3) is 10.9 Å². The molecule has 0 saturated carbocycles. The fraction of sp³-hybridized carbons (Fsp3) is 0.370. The van der Waals surface area contributed by atoms with Gasteiger partial charge in [0.25, 0.3) is 0 Å². The third-order valence-electron chi connectivity index (χ3n) is 6.40. The molecule has 0 fully saturated rings. The zero-order valence-corrected chi connectivity index (χ0v) is 21.9. The molecule has 39 heavy (non-hydrogen) atoms. The van der Waals surface area contributed by atoms with Crippen LogP contribution < -0.4 is 24.3 Å². The third-order valence-corrected chi connectivity index (χ3v) is 6.40. The summed E-state index contributed by atoms with van der Waals surface area (Å²) in [6.45, 7) is 3.87. The molecular formula is C27H31N3O9. The molecule has 2 aliphatic heterocycles. The summed E-state index contributed by atoms with van der Waals surface area (Å²) < 4.78 is 22.2. The SMILES string of the molecule is COc1cc(CC2CC(CNCCc3c(C)[nH]c4ccccc34)=NO2)c(OC)c2c1OCO2.O=C(O)C(=O)O. The van der Waals surface area contributed by atoms with Crippen LogP contribution in [0.1, 0.15) is 23.2 Å². The first-order chi connectivity index (χ1) is 18.8. The summed E-state index contributed by atoms with van der Waals surface area (Å²) in [7, 11) is 3.24. The van der Waals surface area contributed by atoms with Crippen LogP contribution in [0.2, 0.25) is 0 Å². The van der Waals surface area contributed by atoms with E-state index in [2.05, 4.69) is 46.6 Å². The molecule has 12 nitrogen and oxygen atoms in total. The second kappa shape index (κ2) is 12.4. The third kappa shape index (κ3) is 6.34. The number of hydrogen-bond donors (Lipinski definition) is 4. The minimum Gasteiger partial charge on any atom is -0.493 e. The molecule has 1 aromatic heterocycles. The molecule has 2 aromatic carbocycles. The number of H-pyrrole nitrogens is 1. The Balaban J connectivity index is 0.000000531. The first kappa shape index (κ1) is 27.6.